The Kier molecular flexibility index (Phi) is 3.09. The molecule has 0 aliphatic carbocycles. The lowest BCUT2D eigenvalue weighted by Gasteiger charge is -2.12. The third kappa shape index (κ3) is 1.97. The van der Waals surface area contributed by atoms with Crippen molar-refractivity contribution >= 4 is 27.6 Å². The molecule has 3 aromatic carbocycles. The average molecular weight is 343 g/mol. The van der Waals surface area contributed by atoms with Gasteiger partial charge in [0.05, 0.1) is 10.9 Å². The molecule has 5 rings (SSSR count). The van der Waals surface area contributed by atoms with E-state index in [2.05, 4.69) is 5.16 Å². The Balaban J connectivity index is 1.87. The van der Waals surface area contributed by atoms with Crippen molar-refractivity contribution in [3.8, 4) is 5.75 Å². The van der Waals surface area contributed by atoms with Gasteiger partial charge in [0.1, 0.15) is 11.5 Å². The van der Waals surface area contributed by atoms with Crippen LogP contribution in [0.25, 0.3) is 21.7 Å². The second-order valence-electron chi connectivity index (χ2n) is 6.17. The highest BCUT2D eigenvalue weighted by molar-refractivity contribution is 6.02. The van der Waals surface area contributed by atoms with E-state index in [4.69, 9.17) is 9.15 Å². The molecule has 1 atom stereocenters. The Labute approximate surface area is 147 Å². The van der Waals surface area contributed by atoms with Gasteiger partial charge < -0.3 is 14.4 Å². The number of benzene rings is 3. The van der Waals surface area contributed by atoms with Crippen LogP contribution in [-0.2, 0) is 0 Å². The predicted molar refractivity (Wildman–Crippen MR) is 98.1 cm³/mol. The van der Waals surface area contributed by atoms with E-state index < -0.39 is 11.5 Å². The standard InChI is InChI=1S/C21H13NO4/c23-21-18-17(14-10-5-7-12-6-1-2-8-13(12)14)20(22-24)26-19(18)15-9-3-4-11-16(15)25-21/h1-11,17,24H/b22-20+. The zero-order valence-corrected chi connectivity index (χ0v) is 13.5. The van der Waals surface area contributed by atoms with Gasteiger partial charge in [-0.25, -0.2) is 4.79 Å². The molecular weight excluding hydrogens is 330 g/mol. The molecule has 0 amide bonds. The van der Waals surface area contributed by atoms with Gasteiger partial charge in [-0.2, -0.15) is 0 Å². The fraction of sp³-hybridized carbons (Fsp3) is 0.0476. The Morgan fingerprint density at radius 2 is 1.62 bits per heavy atom. The molecule has 26 heavy (non-hydrogen) atoms. The number of rotatable bonds is 1. The van der Waals surface area contributed by atoms with Crippen molar-refractivity contribution in [3.05, 3.63) is 88.3 Å². The molecule has 0 spiro atoms. The molecule has 2 heterocycles. The van der Waals surface area contributed by atoms with Crippen molar-refractivity contribution in [3.63, 3.8) is 0 Å². The smallest absolute Gasteiger partial charge is 0.344 e. The Bertz CT molecular complexity index is 1250. The van der Waals surface area contributed by atoms with Crippen LogP contribution in [-0.4, -0.2) is 11.1 Å². The minimum absolute atomic E-state index is 0.0695. The van der Waals surface area contributed by atoms with Crippen LogP contribution >= 0.6 is 0 Å². The average Bonchev–Trinajstić information content (AvgIpc) is 3.08. The summed E-state index contributed by atoms with van der Waals surface area (Å²) in [4.78, 5) is 12.7. The summed E-state index contributed by atoms with van der Waals surface area (Å²) in [6, 6.07) is 20.8. The normalized spacial score (nSPS) is 17.5. The molecule has 0 saturated carbocycles. The summed E-state index contributed by atoms with van der Waals surface area (Å²) >= 11 is 0. The minimum Gasteiger partial charge on any atom is -0.437 e. The highest BCUT2D eigenvalue weighted by atomic mass is 16.5. The van der Waals surface area contributed by atoms with Crippen molar-refractivity contribution < 1.29 is 14.4 Å². The molecule has 1 aromatic heterocycles. The lowest BCUT2D eigenvalue weighted by molar-refractivity contribution is 0.303. The lowest BCUT2D eigenvalue weighted by Crippen LogP contribution is -2.17. The van der Waals surface area contributed by atoms with Gasteiger partial charge in [-0.15, -0.1) is 0 Å². The summed E-state index contributed by atoms with van der Waals surface area (Å²) in [5, 5.41) is 15.5. The largest absolute Gasteiger partial charge is 0.437 e. The Morgan fingerprint density at radius 1 is 0.885 bits per heavy atom. The number of hydrogen-bond donors (Lipinski definition) is 1. The number of nitrogens with zero attached hydrogens (tertiary/aromatic N) is 1. The van der Waals surface area contributed by atoms with Gasteiger partial charge in [-0.05, 0) is 28.5 Å². The van der Waals surface area contributed by atoms with E-state index >= 15 is 0 Å². The van der Waals surface area contributed by atoms with Crippen LogP contribution in [0.5, 0.6) is 5.75 Å². The van der Waals surface area contributed by atoms with E-state index in [-0.39, 0.29) is 5.90 Å². The summed E-state index contributed by atoms with van der Waals surface area (Å²) < 4.78 is 11.3. The molecule has 1 unspecified atom stereocenters. The molecule has 4 aromatic rings. The van der Waals surface area contributed by atoms with Gasteiger partial charge in [0.2, 0.25) is 5.90 Å². The Hall–Kier alpha value is -3.60. The van der Waals surface area contributed by atoms with E-state index in [1.54, 1.807) is 12.1 Å². The number of para-hydroxylation sites is 1. The highest BCUT2D eigenvalue weighted by Crippen LogP contribution is 2.43. The summed E-state index contributed by atoms with van der Waals surface area (Å²) in [7, 11) is 0. The van der Waals surface area contributed by atoms with E-state index in [9.17, 15) is 10.0 Å². The van der Waals surface area contributed by atoms with Crippen LogP contribution in [0.1, 0.15) is 17.0 Å². The van der Waals surface area contributed by atoms with Crippen molar-refractivity contribution in [1.29, 1.82) is 0 Å². The van der Waals surface area contributed by atoms with Crippen molar-refractivity contribution in [1.82, 2.24) is 0 Å². The lowest BCUT2D eigenvalue weighted by atomic mass is 9.89. The van der Waals surface area contributed by atoms with Crippen molar-refractivity contribution in [2.45, 2.75) is 5.92 Å². The summed E-state index contributed by atoms with van der Waals surface area (Å²) in [6.45, 7) is 0. The number of hydrogen-bond acceptors (Lipinski definition) is 5. The van der Waals surface area contributed by atoms with Gasteiger partial charge in [0.25, 0.3) is 0 Å². The first-order valence-corrected chi connectivity index (χ1v) is 8.21. The van der Waals surface area contributed by atoms with Crippen LogP contribution in [0, 0.1) is 0 Å². The Morgan fingerprint density at radius 3 is 2.46 bits per heavy atom. The van der Waals surface area contributed by atoms with Crippen LogP contribution in [0.4, 0.5) is 0 Å². The first kappa shape index (κ1) is 14.7. The van der Waals surface area contributed by atoms with E-state index in [1.807, 2.05) is 54.6 Å². The SMILES string of the molecule is O=c1oc2ccccc2c2c1C(c1cccc3ccccc13)/C(=N\O)O2. The summed E-state index contributed by atoms with van der Waals surface area (Å²) in [5.41, 5.74) is 1.13. The molecule has 1 aliphatic rings. The summed E-state index contributed by atoms with van der Waals surface area (Å²) in [6.07, 6.45) is 0. The van der Waals surface area contributed by atoms with Gasteiger partial charge in [-0.3, -0.25) is 0 Å². The molecule has 0 bridgehead atoms. The van der Waals surface area contributed by atoms with Gasteiger partial charge in [-0.1, -0.05) is 59.8 Å². The minimum atomic E-state index is -0.623. The van der Waals surface area contributed by atoms with E-state index in [1.165, 1.54) is 0 Å². The molecule has 0 saturated heterocycles. The van der Waals surface area contributed by atoms with E-state index in [0.717, 1.165) is 16.3 Å². The van der Waals surface area contributed by atoms with Crippen LogP contribution in [0.3, 0.4) is 0 Å². The molecule has 0 radical (unpaired) electrons. The summed E-state index contributed by atoms with van der Waals surface area (Å²) in [5.74, 6) is -0.162. The topological polar surface area (TPSA) is 72.0 Å². The second-order valence-corrected chi connectivity index (χ2v) is 6.17. The van der Waals surface area contributed by atoms with Gasteiger partial charge in [0, 0.05) is 0 Å². The van der Waals surface area contributed by atoms with Crippen LogP contribution in [0.15, 0.2) is 81.1 Å². The fourth-order valence-electron chi connectivity index (χ4n) is 3.65. The van der Waals surface area contributed by atoms with Gasteiger partial charge in [0.15, 0.2) is 5.75 Å². The molecule has 5 heteroatoms. The second kappa shape index (κ2) is 5.46. The highest BCUT2D eigenvalue weighted by Gasteiger charge is 2.39. The van der Waals surface area contributed by atoms with Crippen LogP contribution in [0.2, 0.25) is 0 Å². The molecule has 1 aliphatic heterocycles. The zero-order chi connectivity index (χ0) is 17.7. The molecule has 126 valence electrons. The molecule has 1 N–H and O–H groups in total. The van der Waals surface area contributed by atoms with Crippen molar-refractivity contribution in [2.24, 2.45) is 5.16 Å². The van der Waals surface area contributed by atoms with E-state index in [0.29, 0.717) is 22.3 Å². The monoisotopic (exact) mass is 343 g/mol. The van der Waals surface area contributed by atoms with Crippen LogP contribution < -0.4 is 10.4 Å². The molecule has 5 nitrogen and oxygen atoms in total. The number of fused-ring (bicyclic) bond motifs is 4. The number of oxime groups is 1. The third-order valence-corrected chi connectivity index (χ3v) is 4.77. The number of ether oxygens (including phenoxy) is 1. The predicted octanol–water partition coefficient (Wildman–Crippen LogP) is 4.26. The quantitative estimate of drug-likeness (QED) is 0.318. The van der Waals surface area contributed by atoms with Gasteiger partial charge >= 0.3 is 5.63 Å². The molecule has 0 fully saturated rings. The van der Waals surface area contributed by atoms with Crippen molar-refractivity contribution in [2.75, 3.05) is 0 Å². The maximum atomic E-state index is 12.7. The first-order chi connectivity index (χ1) is 12.8. The third-order valence-electron chi connectivity index (χ3n) is 4.77. The maximum absolute atomic E-state index is 12.7. The molecular formula is C21H13NO4. The zero-order valence-electron chi connectivity index (χ0n) is 13.5. The fourth-order valence-corrected chi connectivity index (χ4v) is 3.65. The first-order valence-electron chi connectivity index (χ1n) is 8.21. The maximum Gasteiger partial charge on any atom is 0.344 e.